The molecular weight excluding hydrogens is 346 g/mol. The molecule has 1 heterocycles. The largest absolute Gasteiger partial charge is 0.486 e. The molecule has 2 aromatic rings. The van der Waals surface area contributed by atoms with Crippen LogP contribution >= 0.6 is 23.4 Å². The molecule has 0 fully saturated rings. The Morgan fingerprint density at radius 3 is 2.62 bits per heavy atom. The molecule has 0 radical (unpaired) electrons. The highest BCUT2D eigenvalue weighted by Gasteiger charge is 2.14. The number of nitrogens with one attached hydrogen (secondary N) is 1. The highest BCUT2D eigenvalue weighted by molar-refractivity contribution is 7.98. The molecule has 1 aliphatic heterocycles. The lowest BCUT2D eigenvalue weighted by molar-refractivity contribution is 0.0955. The third-order valence-electron chi connectivity index (χ3n) is 3.52. The Morgan fingerprint density at radius 2 is 1.83 bits per heavy atom. The highest BCUT2D eigenvalue weighted by atomic mass is 35.5. The van der Waals surface area contributed by atoms with Crippen molar-refractivity contribution in [2.75, 3.05) is 25.5 Å². The van der Waals surface area contributed by atoms with Crippen LogP contribution < -0.4 is 14.8 Å². The van der Waals surface area contributed by atoms with E-state index in [9.17, 15) is 4.79 Å². The smallest absolute Gasteiger partial charge is 0.251 e. The molecule has 1 aliphatic rings. The molecule has 4 nitrogen and oxygen atoms in total. The fourth-order valence-corrected chi connectivity index (χ4v) is 3.24. The maximum Gasteiger partial charge on any atom is 0.251 e. The van der Waals surface area contributed by atoms with Crippen molar-refractivity contribution < 1.29 is 14.3 Å². The summed E-state index contributed by atoms with van der Waals surface area (Å²) in [5, 5.41) is 3.67. The van der Waals surface area contributed by atoms with Crippen LogP contribution in [0.4, 0.5) is 0 Å². The number of rotatable bonds is 6. The number of amides is 1. The molecule has 0 saturated heterocycles. The Labute approximate surface area is 150 Å². The van der Waals surface area contributed by atoms with Gasteiger partial charge in [0.1, 0.15) is 13.2 Å². The zero-order valence-corrected chi connectivity index (χ0v) is 14.7. The molecule has 0 atom stereocenters. The average Bonchev–Trinajstić information content (AvgIpc) is 2.62. The van der Waals surface area contributed by atoms with Gasteiger partial charge >= 0.3 is 0 Å². The van der Waals surface area contributed by atoms with E-state index >= 15 is 0 Å². The lowest BCUT2D eigenvalue weighted by Crippen LogP contribution is -2.26. The molecule has 0 unspecified atom stereocenters. The lowest BCUT2D eigenvalue weighted by Gasteiger charge is -2.18. The molecule has 3 rings (SSSR count). The number of hydrogen-bond donors (Lipinski definition) is 1. The van der Waals surface area contributed by atoms with E-state index in [0.29, 0.717) is 36.8 Å². The molecule has 0 spiro atoms. The topological polar surface area (TPSA) is 47.6 Å². The van der Waals surface area contributed by atoms with Crippen molar-refractivity contribution in [2.24, 2.45) is 0 Å². The van der Waals surface area contributed by atoms with Crippen LogP contribution in [0.3, 0.4) is 0 Å². The van der Waals surface area contributed by atoms with Crippen LogP contribution in [-0.2, 0) is 5.75 Å². The summed E-state index contributed by atoms with van der Waals surface area (Å²) in [6.45, 7) is 1.67. The molecule has 0 aromatic heterocycles. The molecular formula is C18H18ClNO3S. The molecule has 1 N–H and O–H groups in total. The second-order valence-electron chi connectivity index (χ2n) is 5.29. The van der Waals surface area contributed by atoms with Gasteiger partial charge < -0.3 is 14.8 Å². The SMILES string of the molecule is O=C(NCCSCc1ccc(Cl)cc1)c1ccc2c(c1)OCCO2. The fourth-order valence-electron chi connectivity index (χ4n) is 2.29. The number of carbonyl (C=O) groups excluding carboxylic acids is 1. The van der Waals surface area contributed by atoms with Crippen molar-refractivity contribution in [3.8, 4) is 11.5 Å². The normalized spacial score (nSPS) is 12.7. The fraction of sp³-hybridized carbons (Fsp3) is 0.278. The zero-order valence-electron chi connectivity index (χ0n) is 13.1. The number of benzene rings is 2. The van der Waals surface area contributed by atoms with Crippen molar-refractivity contribution in [3.63, 3.8) is 0 Å². The van der Waals surface area contributed by atoms with Gasteiger partial charge in [0.25, 0.3) is 5.91 Å². The van der Waals surface area contributed by atoms with E-state index in [-0.39, 0.29) is 5.91 Å². The number of thioether (sulfide) groups is 1. The van der Waals surface area contributed by atoms with E-state index in [1.165, 1.54) is 5.56 Å². The molecule has 6 heteroatoms. The molecule has 126 valence electrons. The van der Waals surface area contributed by atoms with E-state index in [0.717, 1.165) is 16.5 Å². The van der Waals surface area contributed by atoms with Gasteiger partial charge in [0.2, 0.25) is 0 Å². The second-order valence-corrected chi connectivity index (χ2v) is 6.83. The van der Waals surface area contributed by atoms with Gasteiger partial charge in [-0.25, -0.2) is 0 Å². The minimum atomic E-state index is -0.0981. The Balaban J connectivity index is 1.41. The van der Waals surface area contributed by atoms with E-state index < -0.39 is 0 Å². The van der Waals surface area contributed by atoms with E-state index in [1.54, 1.807) is 30.0 Å². The van der Waals surface area contributed by atoms with Crippen LogP contribution in [0.25, 0.3) is 0 Å². The summed E-state index contributed by atoms with van der Waals surface area (Å²) in [4.78, 5) is 12.2. The molecule has 24 heavy (non-hydrogen) atoms. The molecule has 0 bridgehead atoms. The first-order valence-electron chi connectivity index (χ1n) is 7.72. The van der Waals surface area contributed by atoms with Crippen molar-refractivity contribution >= 4 is 29.3 Å². The maximum absolute atomic E-state index is 12.2. The summed E-state index contributed by atoms with van der Waals surface area (Å²) in [5.74, 6) is 2.97. The second kappa shape index (κ2) is 8.31. The van der Waals surface area contributed by atoms with Crippen molar-refractivity contribution in [1.82, 2.24) is 5.32 Å². The van der Waals surface area contributed by atoms with Crippen LogP contribution in [0.15, 0.2) is 42.5 Å². The third kappa shape index (κ3) is 4.58. The first-order chi connectivity index (χ1) is 11.7. The third-order valence-corrected chi connectivity index (χ3v) is 4.80. The predicted molar refractivity (Wildman–Crippen MR) is 97.4 cm³/mol. The number of hydrogen-bond acceptors (Lipinski definition) is 4. The van der Waals surface area contributed by atoms with E-state index in [4.69, 9.17) is 21.1 Å². The number of fused-ring (bicyclic) bond motifs is 1. The van der Waals surface area contributed by atoms with Gasteiger partial charge in [-0.2, -0.15) is 11.8 Å². The van der Waals surface area contributed by atoms with Gasteiger partial charge in [-0.05, 0) is 35.9 Å². The summed E-state index contributed by atoms with van der Waals surface area (Å²) in [5.41, 5.74) is 1.81. The first-order valence-corrected chi connectivity index (χ1v) is 9.26. The minimum absolute atomic E-state index is 0.0981. The number of halogens is 1. The molecule has 0 aliphatic carbocycles. The summed E-state index contributed by atoms with van der Waals surface area (Å²) in [6, 6.07) is 13.1. The van der Waals surface area contributed by atoms with Gasteiger partial charge in [-0.1, -0.05) is 23.7 Å². The first kappa shape index (κ1) is 17.0. The van der Waals surface area contributed by atoms with Gasteiger partial charge in [0.05, 0.1) is 0 Å². The van der Waals surface area contributed by atoms with Gasteiger partial charge in [0.15, 0.2) is 11.5 Å². The predicted octanol–water partition coefficient (Wildman–Crippen LogP) is 3.77. The minimum Gasteiger partial charge on any atom is -0.486 e. The van der Waals surface area contributed by atoms with Crippen LogP contribution in [-0.4, -0.2) is 31.4 Å². The zero-order chi connectivity index (χ0) is 16.8. The van der Waals surface area contributed by atoms with Gasteiger partial charge in [-0.3, -0.25) is 4.79 Å². The van der Waals surface area contributed by atoms with Crippen LogP contribution in [0.2, 0.25) is 5.02 Å². The lowest BCUT2D eigenvalue weighted by atomic mass is 10.2. The summed E-state index contributed by atoms with van der Waals surface area (Å²) < 4.78 is 10.9. The van der Waals surface area contributed by atoms with Crippen molar-refractivity contribution in [3.05, 3.63) is 58.6 Å². The average molecular weight is 364 g/mol. The molecule has 0 saturated carbocycles. The Morgan fingerprint density at radius 1 is 1.08 bits per heavy atom. The van der Waals surface area contributed by atoms with Crippen molar-refractivity contribution in [1.29, 1.82) is 0 Å². The number of carbonyl (C=O) groups is 1. The standard InChI is InChI=1S/C18H18ClNO3S/c19-15-4-1-13(2-5-15)12-24-10-7-20-18(21)14-3-6-16-17(11-14)23-9-8-22-16/h1-6,11H,7-10,12H2,(H,20,21). The monoisotopic (exact) mass is 363 g/mol. The Kier molecular flexibility index (Phi) is 5.88. The van der Waals surface area contributed by atoms with Crippen molar-refractivity contribution in [2.45, 2.75) is 5.75 Å². The molecule has 1 amide bonds. The Hall–Kier alpha value is -1.85. The quantitative estimate of drug-likeness (QED) is 0.793. The summed E-state index contributed by atoms with van der Waals surface area (Å²) in [6.07, 6.45) is 0. The van der Waals surface area contributed by atoms with Crippen LogP contribution in [0.1, 0.15) is 15.9 Å². The summed E-state index contributed by atoms with van der Waals surface area (Å²) in [7, 11) is 0. The van der Waals surface area contributed by atoms with E-state index in [2.05, 4.69) is 5.32 Å². The van der Waals surface area contributed by atoms with Crippen LogP contribution in [0, 0.1) is 0 Å². The highest BCUT2D eigenvalue weighted by Crippen LogP contribution is 2.30. The Bertz CT molecular complexity index is 706. The van der Waals surface area contributed by atoms with Gasteiger partial charge in [-0.15, -0.1) is 0 Å². The van der Waals surface area contributed by atoms with E-state index in [1.807, 2.05) is 24.3 Å². The maximum atomic E-state index is 12.2. The molecule has 2 aromatic carbocycles. The van der Waals surface area contributed by atoms with Crippen LogP contribution in [0.5, 0.6) is 11.5 Å². The summed E-state index contributed by atoms with van der Waals surface area (Å²) >= 11 is 7.63. The number of ether oxygens (including phenoxy) is 2. The van der Waals surface area contributed by atoms with Gasteiger partial charge in [0, 0.05) is 28.6 Å².